The van der Waals surface area contributed by atoms with E-state index in [-0.39, 0.29) is 29.2 Å². The average molecular weight is 414 g/mol. The molecule has 1 saturated carbocycles. The van der Waals surface area contributed by atoms with Crippen LogP contribution in [-0.2, 0) is 9.59 Å². The number of alkyl halides is 3. The Morgan fingerprint density at radius 2 is 2.14 bits per heavy atom. The Kier molecular flexibility index (Phi) is 4.46. The van der Waals surface area contributed by atoms with Gasteiger partial charge in [-0.25, -0.2) is 4.98 Å². The third kappa shape index (κ3) is 3.51. The van der Waals surface area contributed by atoms with Crippen molar-refractivity contribution in [3.8, 4) is 5.75 Å². The minimum Gasteiger partial charge on any atom is -0.406 e. The van der Waals surface area contributed by atoms with Crippen LogP contribution in [0.15, 0.2) is 18.2 Å². The molecule has 0 radical (unpaired) electrons. The highest BCUT2D eigenvalue weighted by molar-refractivity contribution is 7.22. The lowest BCUT2D eigenvalue weighted by Gasteiger charge is -2.41. The average Bonchev–Trinajstić information content (AvgIpc) is 3.27. The summed E-state index contributed by atoms with van der Waals surface area (Å²) >= 11 is 1.04. The molecular weight excluding hydrogens is 397 g/mol. The topological polar surface area (TPSA) is 97.6 Å². The summed E-state index contributed by atoms with van der Waals surface area (Å²) in [7, 11) is 0. The molecule has 2 amide bonds. The van der Waals surface area contributed by atoms with Crippen LogP contribution >= 0.6 is 11.3 Å². The molecule has 1 saturated heterocycles. The molecule has 28 heavy (non-hydrogen) atoms. The molecule has 2 fully saturated rings. The van der Waals surface area contributed by atoms with Crippen molar-refractivity contribution in [2.45, 2.75) is 31.7 Å². The number of carbonyl (C=O) groups excluding carboxylic acids is 2. The zero-order chi connectivity index (χ0) is 20.1. The van der Waals surface area contributed by atoms with E-state index in [9.17, 15) is 22.8 Å². The normalized spacial score (nSPS) is 20.6. The maximum absolute atomic E-state index is 12.5. The number of nitrogens with zero attached hydrogens (tertiary/aromatic N) is 2. The molecule has 4 rings (SSSR count). The van der Waals surface area contributed by atoms with Gasteiger partial charge in [0.15, 0.2) is 5.13 Å². The third-order valence-electron chi connectivity index (χ3n) is 5.10. The number of fused-ring (bicyclic) bond motifs is 1. The van der Waals surface area contributed by atoms with Gasteiger partial charge in [-0.2, -0.15) is 0 Å². The van der Waals surface area contributed by atoms with Crippen LogP contribution in [0.5, 0.6) is 5.75 Å². The van der Waals surface area contributed by atoms with Crippen molar-refractivity contribution in [1.82, 2.24) is 9.88 Å². The van der Waals surface area contributed by atoms with Crippen molar-refractivity contribution < 1.29 is 27.5 Å². The second kappa shape index (κ2) is 6.59. The summed E-state index contributed by atoms with van der Waals surface area (Å²) in [6.07, 6.45) is -2.74. The van der Waals surface area contributed by atoms with E-state index in [0.29, 0.717) is 23.2 Å². The van der Waals surface area contributed by atoms with Gasteiger partial charge in [-0.1, -0.05) is 11.3 Å². The summed E-state index contributed by atoms with van der Waals surface area (Å²) in [5, 5.41) is 2.91. The molecular formula is C17H17F3N4O3S. The highest BCUT2D eigenvalue weighted by Gasteiger charge is 2.54. The number of nitrogens with two attached hydrogens (primary N) is 1. The Morgan fingerprint density at radius 1 is 1.39 bits per heavy atom. The summed E-state index contributed by atoms with van der Waals surface area (Å²) < 4.78 is 41.3. The van der Waals surface area contributed by atoms with Gasteiger partial charge in [0, 0.05) is 19.2 Å². The van der Waals surface area contributed by atoms with Crippen LogP contribution in [0, 0.1) is 5.41 Å². The van der Waals surface area contributed by atoms with Gasteiger partial charge < -0.3 is 20.7 Å². The van der Waals surface area contributed by atoms with Crippen LogP contribution in [0.1, 0.15) is 19.3 Å². The summed E-state index contributed by atoms with van der Waals surface area (Å²) in [6.45, 7) is 0.785. The van der Waals surface area contributed by atoms with Crippen LogP contribution in [0.3, 0.4) is 0 Å². The zero-order valence-corrected chi connectivity index (χ0v) is 15.4. The Labute approximate surface area is 161 Å². The standard InChI is InChI=1S/C17H17F3N4O3S/c18-17(19,20)27-9-1-2-10-12(7-9)28-15(22-10)23-13(25)11-3-6-24(11)14(26)16(8-21)4-5-16/h1-2,7,11H,3-6,8,21H2,(H,22,23,25). The molecule has 11 heteroatoms. The molecule has 7 nitrogen and oxygen atoms in total. The van der Waals surface area contributed by atoms with Gasteiger partial charge in [0.05, 0.1) is 15.6 Å². The van der Waals surface area contributed by atoms with Crippen molar-refractivity contribution in [3.63, 3.8) is 0 Å². The number of hydrogen-bond donors (Lipinski definition) is 2. The first-order chi connectivity index (χ1) is 13.2. The number of nitrogens with one attached hydrogen (secondary N) is 1. The van der Waals surface area contributed by atoms with E-state index in [4.69, 9.17) is 5.73 Å². The number of rotatable bonds is 5. The van der Waals surface area contributed by atoms with Crippen LogP contribution in [0.2, 0.25) is 0 Å². The number of benzene rings is 1. The number of hydrogen-bond acceptors (Lipinski definition) is 6. The number of aromatic nitrogens is 1. The van der Waals surface area contributed by atoms with E-state index in [0.717, 1.165) is 30.2 Å². The number of likely N-dealkylation sites (tertiary alicyclic amines) is 1. The molecule has 2 aromatic rings. The highest BCUT2D eigenvalue weighted by atomic mass is 32.1. The first-order valence-corrected chi connectivity index (χ1v) is 9.51. The minimum atomic E-state index is -4.78. The first-order valence-electron chi connectivity index (χ1n) is 8.69. The molecule has 1 aromatic heterocycles. The number of halogens is 3. The lowest BCUT2D eigenvalue weighted by molar-refractivity contribution is -0.274. The molecule has 0 spiro atoms. The summed E-state index contributed by atoms with van der Waals surface area (Å²) in [6, 6.07) is 3.19. The lowest BCUT2D eigenvalue weighted by Crippen LogP contribution is -2.59. The molecule has 150 valence electrons. The Morgan fingerprint density at radius 3 is 2.71 bits per heavy atom. The van der Waals surface area contributed by atoms with Crippen LogP contribution in [-0.4, -0.2) is 47.2 Å². The van der Waals surface area contributed by atoms with Crippen molar-refractivity contribution in [1.29, 1.82) is 0 Å². The zero-order valence-electron chi connectivity index (χ0n) is 14.6. The number of amides is 2. The van der Waals surface area contributed by atoms with Crippen LogP contribution < -0.4 is 15.8 Å². The maximum atomic E-state index is 12.5. The van der Waals surface area contributed by atoms with Gasteiger partial charge >= 0.3 is 6.36 Å². The lowest BCUT2D eigenvalue weighted by atomic mass is 9.96. The fraction of sp³-hybridized carbons (Fsp3) is 0.471. The Balaban J connectivity index is 1.44. The largest absolute Gasteiger partial charge is 0.573 e. The second-order valence-corrected chi connectivity index (χ2v) is 8.00. The Bertz CT molecular complexity index is 941. The molecule has 1 aliphatic carbocycles. The van der Waals surface area contributed by atoms with Crippen molar-refractivity contribution in [2.75, 3.05) is 18.4 Å². The number of ether oxygens (including phenoxy) is 1. The van der Waals surface area contributed by atoms with E-state index in [1.807, 2.05) is 0 Å². The van der Waals surface area contributed by atoms with E-state index in [2.05, 4.69) is 15.0 Å². The summed E-state index contributed by atoms with van der Waals surface area (Å²) in [4.78, 5) is 30.8. The van der Waals surface area contributed by atoms with Crippen molar-refractivity contribution in [2.24, 2.45) is 11.1 Å². The predicted octanol–water partition coefficient (Wildman–Crippen LogP) is 2.47. The van der Waals surface area contributed by atoms with E-state index < -0.39 is 17.8 Å². The Hall–Kier alpha value is -2.40. The third-order valence-corrected chi connectivity index (χ3v) is 6.04. The number of thiazole rings is 1. The van der Waals surface area contributed by atoms with Crippen molar-refractivity contribution in [3.05, 3.63) is 18.2 Å². The van der Waals surface area contributed by atoms with Gasteiger partial charge in [-0.05, 0) is 31.4 Å². The first kappa shape index (κ1) is 18.9. The maximum Gasteiger partial charge on any atom is 0.573 e. The number of carbonyl (C=O) groups is 2. The quantitative estimate of drug-likeness (QED) is 0.784. The highest BCUT2D eigenvalue weighted by Crippen LogP contribution is 2.47. The summed E-state index contributed by atoms with van der Waals surface area (Å²) in [5.41, 5.74) is 5.62. The second-order valence-electron chi connectivity index (χ2n) is 6.97. The molecule has 1 aliphatic heterocycles. The number of anilines is 1. The smallest absolute Gasteiger partial charge is 0.406 e. The van der Waals surface area contributed by atoms with Crippen molar-refractivity contribution >= 4 is 38.5 Å². The fourth-order valence-electron chi connectivity index (χ4n) is 3.21. The molecule has 0 bridgehead atoms. The van der Waals surface area contributed by atoms with Gasteiger partial charge in [-0.3, -0.25) is 9.59 Å². The molecule has 1 unspecified atom stereocenters. The van der Waals surface area contributed by atoms with E-state index >= 15 is 0 Å². The summed E-state index contributed by atoms with van der Waals surface area (Å²) in [5.74, 6) is -0.799. The van der Waals surface area contributed by atoms with E-state index in [1.165, 1.54) is 17.0 Å². The predicted molar refractivity (Wildman–Crippen MR) is 95.8 cm³/mol. The molecule has 3 N–H and O–H groups in total. The van der Waals surface area contributed by atoms with Gasteiger partial charge in [-0.15, -0.1) is 13.2 Å². The van der Waals surface area contributed by atoms with Gasteiger partial charge in [0.2, 0.25) is 11.8 Å². The van der Waals surface area contributed by atoms with E-state index in [1.54, 1.807) is 0 Å². The SMILES string of the molecule is NCC1(C(=O)N2CCC2C(=O)Nc2nc3ccc(OC(F)(F)F)cc3s2)CC1. The van der Waals surface area contributed by atoms with Gasteiger partial charge in [0.1, 0.15) is 11.8 Å². The molecule has 2 aliphatic rings. The van der Waals surface area contributed by atoms with Crippen LogP contribution in [0.4, 0.5) is 18.3 Å². The van der Waals surface area contributed by atoms with Crippen LogP contribution in [0.25, 0.3) is 10.2 Å². The molecule has 1 atom stereocenters. The molecule has 1 aromatic carbocycles. The minimum absolute atomic E-state index is 0.0837. The monoisotopic (exact) mass is 414 g/mol. The van der Waals surface area contributed by atoms with Gasteiger partial charge in [0.25, 0.3) is 0 Å². The molecule has 2 heterocycles. The fourth-order valence-corrected chi connectivity index (χ4v) is 4.11.